The van der Waals surface area contributed by atoms with Crippen molar-refractivity contribution in [2.75, 3.05) is 0 Å². The molecule has 0 aliphatic heterocycles. The van der Waals surface area contributed by atoms with Crippen LogP contribution in [0.5, 0.6) is 0 Å². The van der Waals surface area contributed by atoms with Crippen molar-refractivity contribution in [2.24, 2.45) is 21.8 Å². The summed E-state index contributed by atoms with van der Waals surface area (Å²) in [5.41, 5.74) is 0.743. The Morgan fingerprint density at radius 3 is 2.57 bits per heavy atom. The molecule has 2 atom stereocenters. The van der Waals surface area contributed by atoms with Gasteiger partial charge in [0.1, 0.15) is 5.71 Å². The molecule has 0 N–H and O–H groups in total. The van der Waals surface area contributed by atoms with Crippen molar-refractivity contribution in [3.8, 4) is 0 Å². The molecule has 14 heavy (non-hydrogen) atoms. The molecule has 0 radical (unpaired) electrons. The van der Waals surface area contributed by atoms with Gasteiger partial charge in [0.2, 0.25) is 0 Å². The van der Waals surface area contributed by atoms with Crippen molar-refractivity contribution in [2.45, 2.75) is 40.0 Å². The van der Waals surface area contributed by atoms with Gasteiger partial charge in [-0.1, -0.05) is 20.8 Å². The standard InChI is InChI=1S/C10H16N2O2/c1-9(2)7-4-5-10(3,6-7)8(9)11-12(13)14/h7H,4-6H2,1-3H3/t7?,10-/m1/s1. The summed E-state index contributed by atoms with van der Waals surface area (Å²) in [6.07, 6.45) is 3.33. The normalized spacial score (nSPS) is 41.9. The number of rotatable bonds is 1. The number of hydrogen-bond acceptors (Lipinski definition) is 2. The molecule has 0 aromatic heterocycles. The fourth-order valence-electron chi connectivity index (χ4n) is 3.37. The molecule has 4 nitrogen and oxygen atoms in total. The van der Waals surface area contributed by atoms with E-state index in [1.54, 1.807) is 0 Å². The van der Waals surface area contributed by atoms with Crippen LogP contribution in [0.4, 0.5) is 0 Å². The fraction of sp³-hybridized carbons (Fsp3) is 0.900. The van der Waals surface area contributed by atoms with Gasteiger partial charge in [-0.2, -0.15) is 0 Å². The third kappa shape index (κ3) is 1.09. The summed E-state index contributed by atoms with van der Waals surface area (Å²) in [5.74, 6) is 0.589. The zero-order valence-corrected chi connectivity index (χ0v) is 8.91. The largest absolute Gasteiger partial charge is 0.233 e. The van der Waals surface area contributed by atoms with E-state index in [0.717, 1.165) is 18.6 Å². The second-order valence-electron chi connectivity index (χ2n) is 5.41. The minimum absolute atomic E-state index is 0.00123. The van der Waals surface area contributed by atoms with E-state index >= 15 is 0 Å². The smallest absolute Gasteiger partial charge is 0.190 e. The first kappa shape index (κ1) is 9.62. The quantitative estimate of drug-likeness (QED) is 0.478. The predicted octanol–water partition coefficient (Wildman–Crippen LogP) is 2.47. The van der Waals surface area contributed by atoms with E-state index in [9.17, 15) is 10.1 Å². The molecule has 0 aromatic carbocycles. The molecule has 2 fully saturated rings. The maximum Gasteiger partial charge on any atom is 0.190 e. The van der Waals surface area contributed by atoms with E-state index < -0.39 is 5.03 Å². The first-order valence-corrected chi connectivity index (χ1v) is 5.10. The molecule has 78 valence electrons. The molecular weight excluding hydrogens is 180 g/mol. The Morgan fingerprint density at radius 1 is 1.50 bits per heavy atom. The second kappa shape index (κ2) is 2.55. The Hall–Kier alpha value is -0.930. The van der Waals surface area contributed by atoms with Crippen molar-refractivity contribution in [1.82, 2.24) is 0 Å². The van der Waals surface area contributed by atoms with Gasteiger partial charge in [-0.25, -0.2) is 10.1 Å². The van der Waals surface area contributed by atoms with Crippen molar-refractivity contribution < 1.29 is 5.03 Å². The zero-order valence-electron chi connectivity index (χ0n) is 8.91. The third-order valence-electron chi connectivity index (χ3n) is 4.13. The SMILES string of the molecule is CC1(C)C(=N[N+](=O)[O-])[C@]2(C)CCC1C2. The highest BCUT2D eigenvalue weighted by atomic mass is 16.7. The van der Waals surface area contributed by atoms with Gasteiger partial charge in [0.25, 0.3) is 0 Å². The minimum Gasteiger partial charge on any atom is -0.233 e. The van der Waals surface area contributed by atoms with Crippen molar-refractivity contribution in [3.05, 3.63) is 10.1 Å². The summed E-state index contributed by atoms with van der Waals surface area (Å²) in [6.45, 7) is 6.29. The Kier molecular flexibility index (Phi) is 1.75. The highest BCUT2D eigenvalue weighted by molar-refractivity contribution is 5.97. The summed E-state index contributed by atoms with van der Waals surface area (Å²) < 4.78 is 0. The molecule has 0 amide bonds. The lowest BCUT2D eigenvalue weighted by atomic mass is 9.71. The lowest BCUT2D eigenvalue weighted by Gasteiger charge is -2.32. The highest BCUT2D eigenvalue weighted by Crippen LogP contribution is 2.60. The van der Waals surface area contributed by atoms with Gasteiger partial charge in [0.05, 0.1) is 5.10 Å². The molecule has 2 aliphatic carbocycles. The van der Waals surface area contributed by atoms with E-state index in [2.05, 4.69) is 25.9 Å². The van der Waals surface area contributed by atoms with Gasteiger partial charge in [0.15, 0.2) is 5.03 Å². The van der Waals surface area contributed by atoms with Crippen LogP contribution in [0.2, 0.25) is 0 Å². The van der Waals surface area contributed by atoms with E-state index in [4.69, 9.17) is 0 Å². The van der Waals surface area contributed by atoms with Crippen molar-refractivity contribution in [1.29, 1.82) is 0 Å². The van der Waals surface area contributed by atoms with Gasteiger partial charge in [-0.05, 0) is 25.2 Å². The van der Waals surface area contributed by atoms with E-state index in [-0.39, 0.29) is 10.8 Å². The van der Waals surface area contributed by atoms with Crippen molar-refractivity contribution >= 4 is 5.71 Å². The summed E-state index contributed by atoms with van der Waals surface area (Å²) in [7, 11) is 0. The first-order valence-electron chi connectivity index (χ1n) is 5.10. The molecule has 4 heteroatoms. The molecular formula is C10H16N2O2. The minimum atomic E-state index is -0.539. The van der Waals surface area contributed by atoms with Crippen LogP contribution in [-0.2, 0) is 0 Å². The summed E-state index contributed by atoms with van der Waals surface area (Å²) in [6, 6.07) is 0. The van der Waals surface area contributed by atoms with Gasteiger partial charge < -0.3 is 0 Å². The molecule has 2 aliphatic rings. The van der Waals surface area contributed by atoms with E-state index in [1.807, 2.05) is 0 Å². The number of fused-ring (bicyclic) bond motifs is 2. The van der Waals surface area contributed by atoms with Crippen LogP contribution in [0.25, 0.3) is 0 Å². The number of nitro groups is 1. The molecule has 0 heterocycles. The van der Waals surface area contributed by atoms with Gasteiger partial charge in [0, 0.05) is 10.8 Å². The molecule has 2 saturated carbocycles. The van der Waals surface area contributed by atoms with E-state index in [1.165, 1.54) is 6.42 Å². The number of nitrogens with zero attached hydrogens (tertiary/aromatic N) is 2. The Morgan fingerprint density at radius 2 is 2.14 bits per heavy atom. The molecule has 2 bridgehead atoms. The molecule has 0 saturated heterocycles. The number of hydrogen-bond donors (Lipinski definition) is 0. The van der Waals surface area contributed by atoms with Crippen LogP contribution in [0.15, 0.2) is 5.10 Å². The van der Waals surface area contributed by atoms with Crippen LogP contribution in [0, 0.1) is 26.9 Å². The summed E-state index contributed by atoms with van der Waals surface area (Å²) >= 11 is 0. The Labute approximate surface area is 83.5 Å². The monoisotopic (exact) mass is 196 g/mol. The average Bonchev–Trinajstić information content (AvgIpc) is 2.49. The van der Waals surface area contributed by atoms with Crippen LogP contribution >= 0.6 is 0 Å². The lowest BCUT2D eigenvalue weighted by Crippen LogP contribution is -2.36. The van der Waals surface area contributed by atoms with Crippen LogP contribution < -0.4 is 0 Å². The second-order valence-corrected chi connectivity index (χ2v) is 5.41. The van der Waals surface area contributed by atoms with Crippen LogP contribution in [-0.4, -0.2) is 10.7 Å². The van der Waals surface area contributed by atoms with Gasteiger partial charge in [-0.3, -0.25) is 0 Å². The van der Waals surface area contributed by atoms with Gasteiger partial charge in [-0.15, -0.1) is 0 Å². The molecule has 1 unspecified atom stereocenters. The maximum absolute atomic E-state index is 10.5. The Bertz CT molecular complexity index is 315. The third-order valence-corrected chi connectivity index (χ3v) is 4.13. The maximum atomic E-state index is 10.5. The molecule has 0 spiro atoms. The first-order chi connectivity index (χ1) is 6.36. The van der Waals surface area contributed by atoms with Crippen molar-refractivity contribution in [3.63, 3.8) is 0 Å². The molecule has 0 aromatic rings. The van der Waals surface area contributed by atoms with E-state index in [0.29, 0.717) is 5.92 Å². The topological polar surface area (TPSA) is 55.5 Å². The van der Waals surface area contributed by atoms with Crippen LogP contribution in [0.3, 0.4) is 0 Å². The van der Waals surface area contributed by atoms with Gasteiger partial charge >= 0.3 is 0 Å². The molecule has 2 rings (SSSR count). The number of hydrazone groups is 1. The summed E-state index contributed by atoms with van der Waals surface area (Å²) in [5, 5.41) is 13.6. The fourth-order valence-corrected chi connectivity index (χ4v) is 3.37. The predicted molar refractivity (Wildman–Crippen MR) is 53.7 cm³/mol. The average molecular weight is 196 g/mol. The summed E-state index contributed by atoms with van der Waals surface area (Å²) in [4.78, 5) is 10.5. The zero-order chi connectivity index (χ0) is 10.6. The highest BCUT2D eigenvalue weighted by Gasteiger charge is 2.58. The lowest BCUT2D eigenvalue weighted by molar-refractivity contribution is -0.485. The van der Waals surface area contributed by atoms with Crippen LogP contribution in [0.1, 0.15) is 40.0 Å². The Balaban J connectivity index is 2.44.